The lowest BCUT2D eigenvalue weighted by molar-refractivity contribution is -0.115. The van der Waals surface area contributed by atoms with Crippen LogP contribution in [0.15, 0.2) is 42.5 Å². The number of rotatable bonds is 2. The summed E-state index contributed by atoms with van der Waals surface area (Å²) < 4.78 is 0. The Hall–Kier alpha value is -1.83. The van der Waals surface area contributed by atoms with Crippen LogP contribution in [0.5, 0.6) is 5.75 Å². The second kappa shape index (κ2) is 4.37. The Labute approximate surface area is 113 Å². The predicted octanol–water partition coefficient (Wildman–Crippen LogP) is 3.44. The number of carbonyl (C=O) groups is 1. The fourth-order valence-corrected chi connectivity index (χ4v) is 3.63. The molecule has 1 atom stereocenters. The molecule has 1 unspecified atom stereocenters. The number of phenols is 1. The molecule has 0 aromatic heterocycles. The largest absolute Gasteiger partial charge is 0.508 e. The monoisotopic (exact) mass is 254 g/mol. The van der Waals surface area contributed by atoms with Crippen LogP contribution in [0.2, 0.25) is 0 Å². The van der Waals surface area contributed by atoms with E-state index in [1.807, 2.05) is 24.3 Å². The van der Waals surface area contributed by atoms with Crippen LogP contribution >= 0.6 is 0 Å². The Morgan fingerprint density at radius 3 is 2.95 bits per heavy atom. The molecule has 1 aromatic rings. The van der Waals surface area contributed by atoms with Crippen LogP contribution in [0.25, 0.3) is 0 Å². The maximum atomic E-state index is 11.7. The van der Waals surface area contributed by atoms with E-state index in [0.717, 1.165) is 25.7 Å². The second-order valence-corrected chi connectivity index (χ2v) is 5.55. The molecular weight excluding hydrogens is 236 g/mol. The molecule has 0 saturated heterocycles. The molecule has 0 bridgehead atoms. The van der Waals surface area contributed by atoms with E-state index in [9.17, 15) is 9.90 Å². The van der Waals surface area contributed by atoms with Gasteiger partial charge in [-0.2, -0.15) is 0 Å². The highest BCUT2D eigenvalue weighted by Crippen LogP contribution is 2.49. The number of allylic oxidation sites excluding steroid dienone is 3. The van der Waals surface area contributed by atoms with E-state index in [1.165, 1.54) is 16.7 Å². The Bertz CT molecular complexity index is 583. The number of aromatic hydroxyl groups is 1. The highest BCUT2D eigenvalue weighted by molar-refractivity contribution is 5.92. The molecule has 0 amide bonds. The van der Waals surface area contributed by atoms with E-state index in [1.54, 1.807) is 6.07 Å². The van der Waals surface area contributed by atoms with Gasteiger partial charge in [-0.25, -0.2) is 0 Å². The van der Waals surface area contributed by atoms with Crippen molar-refractivity contribution in [3.63, 3.8) is 0 Å². The van der Waals surface area contributed by atoms with Crippen LogP contribution in [0, 0.1) is 0 Å². The minimum Gasteiger partial charge on any atom is -0.508 e. The van der Waals surface area contributed by atoms with Gasteiger partial charge in [-0.05, 0) is 55.0 Å². The van der Waals surface area contributed by atoms with Gasteiger partial charge in [-0.1, -0.05) is 17.7 Å². The van der Waals surface area contributed by atoms with Gasteiger partial charge in [-0.3, -0.25) is 4.79 Å². The standard InChI is InChI=1S/C17H18O2/c1-2-8-17-9-7-15(19)11-13(17)4-3-12-10-14(18)5-6-16(12)17/h2,5-6,10-11,18H,1,3-4,7-9H2. The maximum Gasteiger partial charge on any atom is 0.155 e. The van der Waals surface area contributed by atoms with Crippen LogP contribution in [0.3, 0.4) is 0 Å². The van der Waals surface area contributed by atoms with Crippen LogP contribution in [-0.4, -0.2) is 10.9 Å². The van der Waals surface area contributed by atoms with Crippen molar-refractivity contribution in [3.8, 4) is 5.75 Å². The lowest BCUT2D eigenvalue weighted by atomic mass is 9.60. The van der Waals surface area contributed by atoms with Gasteiger partial charge in [0.05, 0.1) is 0 Å². The zero-order valence-corrected chi connectivity index (χ0v) is 11.0. The Balaban J connectivity index is 2.20. The molecule has 2 heteroatoms. The molecule has 2 aliphatic rings. The number of benzene rings is 1. The third-order valence-corrected chi connectivity index (χ3v) is 4.51. The number of hydrogen-bond acceptors (Lipinski definition) is 2. The molecule has 0 fully saturated rings. The molecule has 1 aromatic carbocycles. The second-order valence-electron chi connectivity index (χ2n) is 5.55. The molecule has 0 saturated carbocycles. The van der Waals surface area contributed by atoms with Crippen LogP contribution in [0.4, 0.5) is 0 Å². The number of carbonyl (C=O) groups excluding carboxylic acids is 1. The third kappa shape index (κ3) is 1.83. The first-order valence-electron chi connectivity index (χ1n) is 6.83. The van der Waals surface area contributed by atoms with Crippen molar-refractivity contribution in [1.82, 2.24) is 0 Å². The number of ketones is 1. The Morgan fingerprint density at radius 1 is 1.32 bits per heavy atom. The molecule has 0 radical (unpaired) electrons. The number of hydrogen-bond donors (Lipinski definition) is 1. The highest BCUT2D eigenvalue weighted by atomic mass is 16.3. The van der Waals surface area contributed by atoms with Crippen molar-refractivity contribution in [1.29, 1.82) is 0 Å². The summed E-state index contributed by atoms with van der Waals surface area (Å²) in [6, 6.07) is 5.65. The van der Waals surface area contributed by atoms with Gasteiger partial charge in [0.1, 0.15) is 5.75 Å². The zero-order chi connectivity index (χ0) is 13.5. The molecule has 2 aliphatic carbocycles. The lowest BCUT2D eigenvalue weighted by Gasteiger charge is -2.43. The SMILES string of the molecule is C=CCC12CCC(=O)C=C1CCc1cc(O)ccc12. The van der Waals surface area contributed by atoms with Crippen LogP contribution in [-0.2, 0) is 16.6 Å². The summed E-state index contributed by atoms with van der Waals surface area (Å²) >= 11 is 0. The van der Waals surface area contributed by atoms with Crippen molar-refractivity contribution >= 4 is 5.78 Å². The van der Waals surface area contributed by atoms with Crippen molar-refractivity contribution < 1.29 is 9.90 Å². The molecule has 0 aliphatic heterocycles. The quantitative estimate of drug-likeness (QED) is 0.821. The minimum absolute atomic E-state index is 0.0586. The molecule has 0 spiro atoms. The molecule has 19 heavy (non-hydrogen) atoms. The van der Waals surface area contributed by atoms with Gasteiger partial charge < -0.3 is 5.11 Å². The number of phenolic OH excluding ortho intramolecular Hbond substituents is 1. The Kier molecular flexibility index (Phi) is 2.81. The van der Waals surface area contributed by atoms with Crippen LogP contribution in [0.1, 0.15) is 36.8 Å². The highest BCUT2D eigenvalue weighted by Gasteiger charge is 2.41. The molecule has 1 N–H and O–H groups in total. The van der Waals surface area contributed by atoms with Crippen LogP contribution < -0.4 is 0 Å². The first kappa shape index (κ1) is 12.2. The summed E-state index contributed by atoms with van der Waals surface area (Å²) in [4.78, 5) is 11.7. The van der Waals surface area contributed by atoms with E-state index >= 15 is 0 Å². The van der Waals surface area contributed by atoms with E-state index in [0.29, 0.717) is 12.2 Å². The number of fused-ring (bicyclic) bond motifs is 3. The smallest absolute Gasteiger partial charge is 0.155 e. The molecular formula is C17H18O2. The fraction of sp³-hybridized carbons (Fsp3) is 0.353. The predicted molar refractivity (Wildman–Crippen MR) is 75.2 cm³/mol. The molecule has 2 nitrogen and oxygen atoms in total. The Morgan fingerprint density at radius 2 is 2.16 bits per heavy atom. The maximum absolute atomic E-state index is 11.7. The van der Waals surface area contributed by atoms with Gasteiger partial charge in [0, 0.05) is 11.8 Å². The van der Waals surface area contributed by atoms with Crippen molar-refractivity contribution in [2.24, 2.45) is 0 Å². The van der Waals surface area contributed by atoms with E-state index in [-0.39, 0.29) is 11.2 Å². The summed E-state index contributed by atoms with van der Waals surface area (Å²) in [5.74, 6) is 0.573. The normalized spacial score (nSPS) is 25.3. The first-order chi connectivity index (χ1) is 9.15. The van der Waals surface area contributed by atoms with E-state index in [4.69, 9.17) is 0 Å². The van der Waals surface area contributed by atoms with Gasteiger partial charge in [0.25, 0.3) is 0 Å². The van der Waals surface area contributed by atoms with Crippen molar-refractivity contribution in [2.45, 2.75) is 37.5 Å². The van der Waals surface area contributed by atoms with E-state index in [2.05, 4.69) is 6.58 Å². The minimum atomic E-state index is -0.0586. The lowest BCUT2D eigenvalue weighted by Crippen LogP contribution is -2.36. The first-order valence-corrected chi connectivity index (χ1v) is 6.83. The van der Waals surface area contributed by atoms with Gasteiger partial charge in [-0.15, -0.1) is 6.58 Å². The fourth-order valence-electron chi connectivity index (χ4n) is 3.63. The average Bonchev–Trinajstić information content (AvgIpc) is 2.39. The van der Waals surface area contributed by atoms with Gasteiger partial charge >= 0.3 is 0 Å². The van der Waals surface area contributed by atoms with Crippen molar-refractivity contribution in [3.05, 3.63) is 53.6 Å². The average molecular weight is 254 g/mol. The summed E-state index contributed by atoms with van der Waals surface area (Å²) in [7, 11) is 0. The topological polar surface area (TPSA) is 37.3 Å². The van der Waals surface area contributed by atoms with Crippen molar-refractivity contribution in [2.75, 3.05) is 0 Å². The number of aryl methyl sites for hydroxylation is 1. The van der Waals surface area contributed by atoms with Gasteiger partial charge in [0.2, 0.25) is 0 Å². The van der Waals surface area contributed by atoms with E-state index < -0.39 is 0 Å². The summed E-state index contributed by atoms with van der Waals surface area (Å²) in [5, 5.41) is 9.65. The summed E-state index contributed by atoms with van der Waals surface area (Å²) in [5.41, 5.74) is 3.68. The summed E-state index contributed by atoms with van der Waals surface area (Å²) in [6.07, 6.45) is 7.95. The third-order valence-electron chi connectivity index (χ3n) is 4.51. The zero-order valence-electron chi connectivity index (χ0n) is 11.0. The molecule has 0 heterocycles. The summed E-state index contributed by atoms with van der Waals surface area (Å²) in [6.45, 7) is 3.89. The molecule has 98 valence electrons. The van der Waals surface area contributed by atoms with Gasteiger partial charge in [0.15, 0.2) is 5.78 Å². The molecule has 3 rings (SSSR count).